The maximum absolute atomic E-state index is 13.3. The van der Waals surface area contributed by atoms with Crippen molar-refractivity contribution in [1.29, 1.82) is 0 Å². The Bertz CT molecular complexity index is 1050. The first kappa shape index (κ1) is 28.1. The summed E-state index contributed by atoms with van der Waals surface area (Å²) in [5, 5.41) is 10.6. The fraction of sp³-hybridized carbons (Fsp3) is 0.500. The van der Waals surface area contributed by atoms with E-state index in [2.05, 4.69) is 15.9 Å². The first-order valence-electron chi connectivity index (χ1n) is 10.9. The third-order valence-electron chi connectivity index (χ3n) is 4.82. The number of ether oxygens (including phenoxy) is 5. The summed E-state index contributed by atoms with van der Waals surface area (Å²) in [5.41, 5.74) is 1.11. The Morgan fingerprint density at radius 1 is 0.941 bits per heavy atom. The van der Waals surface area contributed by atoms with Gasteiger partial charge in [-0.05, 0) is 49.6 Å². The molecule has 0 aliphatic rings. The molecule has 1 unspecified atom stereocenters. The number of alkyl halides is 1. The number of sulfone groups is 1. The quantitative estimate of drug-likeness (QED) is 0.266. The van der Waals surface area contributed by atoms with Crippen molar-refractivity contribution in [3.8, 4) is 39.9 Å². The Balaban J connectivity index is 2.84. The molecule has 34 heavy (non-hydrogen) atoms. The van der Waals surface area contributed by atoms with Gasteiger partial charge in [-0.2, -0.15) is 0 Å². The summed E-state index contributed by atoms with van der Waals surface area (Å²) < 4.78 is 54.9. The minimum absolute atomic E-state index is 0.0509. The lowest BCUT2D eigenvalue weighted by atomic mass is 10.0. The SMILES string of the molecule is CCCOc1c(OCCCBr)cc(-c2ccc(OC)c(OC)c2OC)cc1S(=O)(=O)CC(C)O. The largest absolute Gasteiger partial charge is 0.493 e. The van der Waals surface area contributed by atoms with Crippen molar-refractivity contribution < 1.29 is 37.2 Å². The van der Waals surface area contributed by atoms with Crippen LogP contribution in [0.3, 0.4) is 0 Å². The average molecular weight is 561 g/mol. The molecule has 2 rings (SSSR count). The molecular formula is C24H33BrO8S. The minimum Gasteiger partial charge on any atom is -0.493 e. The van der Waals surface area contributed by atoms with Crippen LogP contribution >= 0.6 is 15.9 Å². The highest BCUT2D eigenvalue weighted by molar-refractivity contribution is 9.09. The zero-order valence-corrected chi connectivity index (χ0v) is 22.6. The van der Waals surface area contributed by atoms with Crippen LogP contribution in [-0.2, 0) is 9.84 Å². The van der Waals surface area contributed by atoms with E-state index in [9.17, 15) is 13.5 Å². The maximum Gasteiger partial charge on any atom is 0.203 e. The van der Waals surface area contributed by atoms with Gasteiger partial charge in [0.05, 0.1) is 46.4 Å². The molecule has 0 saturated carbocycles. The molecule has 1 atom stereocenters. The van der Waals surface area contributed by atoms with Crippen molar-refractivity contribution in [2.24, 2.45) is 0 Å². The molecule has 0 saturated heterocycles. The minimum atomic E-state index is -3.91. The first-order chi connectivity index (χ1) is 16.2. The molecule has 0 heterocycles. The summed E-state index contributed by atoms with van der Waals surface area (Å²) in [7, 11) is 0.605. The predicted octanol–water partition coefficient (Wildman–Crippen LogP) is 4.49. The Labute approximate surface area is 210 Å². The van der Waals surface area contributed by atoms with Gasteiger partial charge in [0.2, 0.25) is 5.75 Å². The van der Waals surface area contributed by atoms with Crippen LogP contribution in [0.15, 0.2) is 29.2 Å². The number of benzene rings is 2. The molecule has 0 aromatic heterocycles. The van der Waals surface area contributed by atoms with Gasteiger partial charge < -0.3 is 28.8 Å². The van der Waals surface area contributed by atoms with E-state index in [0.717, 1.165) is 5.33 Å². The fourth-order valence-electron chi connectivity index (χ4n) is 3.39. The second kappa shape index (κ2) is 13.1. The zero-order valence-electron chi connectivity index (χ0n) is 20.2. The second-order valence-electron chi connectivity index (χ2n) is 7.55. The van der Waals surface area contributed by atoms with Crippen LogP contribution in [0.4, 0.5) is 0 Å². The Morgan fingerprint density at radius 3 is 2.21 bits per heavy atom. The molecule has 0 aliphatic carbocycles. The van der Waals surface area contributed by atoms with Crippen molar-refractivity contribution in [2.45, 2.75) is 37.7 Å². The van der Waals surface area contributed by atoms with E-state index in [4.69, 9.17) is 23.7 Å². The summed E-state index contributed by atoms with van der Waals surface area (Å²) >= 11 is 3.38. The van der Waals surface area contributed by atoms with Crippen LogP contribution in [0.5, 0.6) is 28.7 Å². The van der Waals surface area contributed by atoms with Crippen LogP contribution < -0.4 is 23.7 Å². The summed E-state index contributed by atoms with van der Waals surface area (Å²) in [5.74, 6) is 1.22. The molecule has 0 radical (unpaired) electrons. The van der Waals surface area contributed by atoms with Crippen molar-refractivity contribution in [1.82, 2.24) is 0 Å². The number of hydrogen-bond donors (Lipinski definition) is 1. The standard InChI is InChI=1S/C24H33BrO8S/c1-6-11-33-23-20(32-12-7-10-25)13-17(14-21(23)34(27,28)15-16(2)26)18-8-9-19(29-3)24(31-5)22(18)30-4/h8-9,13-14,16,26H,6-7,10-12,15H2,1-5H3. The van der Waals surface area contributed by atoms with Crippen molar-refractivity contribution in [3.63, 3.8) is 0 Å². The number of methoxy groups -OCH3 is 3. The molecule has 10 heteroatoms. The average Bonchev–Trinajstić information content (AvgIpc) is 2.80. The van der Waals surface area contributed by atoms with Gasteiger partial charge in [-0.15, -0.1) is 0 Å². The molecule has 8 nitrogen and oxygen atoms in total. The molecule has 190 valence electrons. The lowest BCUT2D eigenvalue weighted by molar-refractivity contribution is 0.217. The van der Waals surface area contributed by atoms with E-state index in [1.54, 1.807) is 18.2 Å². The van der Waals surface area contributed by atoms with E-state index in [1.807, 2.05) is 6.92 Å². The lowest BCUT2D eigenvalue weighted by Crippen LogP contribution is -2.19. The number of hydrogen-bond acceptors (Lipinski definition) is 8. The van der Waals surface area contributed by atoms with Gasteiger partial charge in [-0.3, -0.25) is 0 Å². The van der Waals surface area contributed by atoms with Gasteiger partial charge in [0.1, 0.15) is 4.90 Å². The molecule has 2 aromatic rings. The van der Waals surface area contributed by atoms with Crippen molar-refractivity contribution in [3.05, 3.63) is 24.3 Å². The summed E-state index contributed by atoms with van der Waals surface area (Å²) in [4.78, 5) is -0.0509. The molecule has 0 fully saturated rings. The van der Waals surface area contributed by atoms with Crippen LogP contribution in [0, 0.1) is 0 Å². The monoisotopic (exact) mass is 560 g/mol. The Kier molecular flexibility index (Phi) is 10.8. The van der Waals surface area contributed by atoms with Gasteiger partial charge in [-0.1, -0.05) is 22.9 Å². The van der Waals surface area contributed by atoms with Crippen LogP contribution in [-0.4, -0.2) is 65.3 Å². The van der Waals surface area contributed by atoms with Crippen LogP contribution in [0.2, 0.25) is 0 Å². The summed E-state index contributed by atoms with van der Waals surface area (Å²) in [6.07, 6.45) is 0.343. The highest BCUT2D eigenvalue weighted by Gasteiger charge is 2.28. The van der Waals surface area contributed by atoms with E-state index in [0.29, 0.717) is 60.2 Å². The summed E-state index contributed by atoms with van der Waals surface area (Å²) in [6.45, 7) is 4.03. The van der Waals surface area contributed by atoms with Crippen LogP contribution in [0.1, 0.15) is 26.7 Å². The molecule has 0 aliphatic heterocycles. The maximum atomic E-state index is 13.3. The van der Waals surface area contributed by atoms with E-state index in [1.165, 1.54) is 34.3 Å². The van der Waals surface area contributed by atoms with Crippen molar-refractivity contribution in [2.75, 3.05) is 45.6 Å². The molecule has 0 spiro atoms. The third-order valence-corrected chi connectivity index (χ3v) is 7.27. The number of halogens is 1. The van der Waals surface area contributed by atoms with E-state index < -0.39 is 21.7 Å². The molecule has 0 amide bonds. The topological polar surface area (TPSA) is 101 Å². The van der Waals surface area contributed by atoms with Gasteiger partial charge in [0, 0.05) is 10.9 Å². The molecule has 0 bridgehead atoms. The number of aliphatic hydroxyl groups excluding tert-OH is 1. The predicted molar refractivity (Wildman–Crippen MR) is 135 cm³/mol. The first-order valence-corrected chi connectivity index (χ1v) is 13.7. The summed E-state index contributed by atoms with van der Waals surface area (Å²) in [6, 6.07) is 6.72. The van der Waals surface area contributed by atoms with Gasteiger partial charge in [0.25, 0.3) is 0 Å². The Morgan fingerprint density at radius 2 is 1.65 bits per heavy atom. The smallest absolute Gasteiger partial charge is 0.203 e. The number of aliphatic hydroxyl groups is 1. The van der Waals surface area contributed by atoms with Gasteiger partial charge in [-0.25, -0.2) is 8.42 Å². The van der Waals surface area contributed by atoms with E-state index in [-0.39, 0.29) is 10.6 Å². The van der Waals surface area contributed by atoms with E-state index >= 15 is 0 Å². The lowest BCUT2D eigenvalue weighted by Gasteiger charge is -2.20. The molecule has 2 aromatic carbocycles. The van der Waals surface area contributed by atoms with Crippen LogP contribution in [0.25, 0.3) is 11.1 Å². The van der Waals surface area contributed by atoms with Gasteiger partial charge in [0.15, 0.2) is 32.8 Å². The number of rotatable bonds is 14. The molecule has 1 N–H and O–H groups in total. The third kappa shape index (κ3) is 6.70. The van der Waals surface area contributed by atoms with Crippen molar-refractivity contribution >= 4 is 25.8 Å². The molecular weight excluding hydrogens is 528 g/mol. The fourth-order valence-corrected chi connectivity index (χ4v) is 5.18. The second-order valence-corrected chi connectivity index (χ2v) is 10.3. The Hall–Kier alpha value is -2.17. The highest BCUT2D eigenvalue weighted by atomic mass is 79.9. The highest BCUT2D eigenvalue weighted by Crippen LogP contribution is 2.47. The zero-order chi connectivity index (χ0) is 25.3. The van der Waals surface area contributed by atoms with Gasteiger partial charge >= 0.3 is 0 Å². The normalized spacial score (nSPS) is 12.2.